The Bertz CT molecular complexity index is 808. The molecule has 1 aliphatic rings. The van der Waals surface area contributed by atoms with Crippen LogP contribution >= 0.6 is 11.8 Å². The average Bonchev–Trinajstić information content (AvgIpc) is 3.49. The molecule has 0 radical (unpaired) electrons. The Morgan fingerprint density at radius 2 is 2.10 bits per heavy atom. The fourth-order valence-corrected chi connectivity index (χ4v) is 4.35. The van der Waals surface area contributed by atoms with Crippen LogP contribution in [0.3, 0.4) is 0 Å². The molecule has 2 aromatic rings. The van der Waals surface area contributed by atoms with Gasteiger partial charge >= 0.3 is 0 Å². The highest BCUT2D eigenvalue weighted by atomic mass is 32.2. The van der Waals surface area contributed by atoms with Gasteiger partial charge in [0.1, 0.15) is 12.4 Å². The Balaban J connectivity index is 1.51. The van der Waals surface area contributed by atoms with E-state index in [9.17, 15) is 0 Å². The lowest BCUT2D eigenvalue weighted by Gasteiger charge is -2.16. The molecule has 2 heterocycles. The molecule has 0 amide bonds. The van der Waals surface area contributed by atoms with E-state index in [1.165, 1.54) is 25.7 Å². The van der Waals surface area contributed by atoms with Crippen molar-refractivity contribution in [2.45, 2.75) is 83.0 Å². The molecule has 30 heavy (non-hydrogen) atoms. The predicted molar refractivity (Wildman–Crippen MR) is 121 cm³/mol. The number of nitrogens with one attached hydrogen (secondary N) is 2. The Kier molecular flexibility index (Phi) is 8.60. The van der Waals surface area contributed by atoms with E-state index in [-0.39, 0.29) is 0 Å². The van der Waals surface area contributed by atoms with E-state index in [0.29, 0.717) is 18.5 Å². The second kappa shape index (κ2) is 11.4. The van der Waals surface area contributed by atoms with Crippen LogP contribution < -0.4 is 10.6 Å². The molecule has 0 aliphatic heterocycles. The highest BCUT2D eigenvalue weighted by Crippen LogP contribution is 2.33. The third kappa shape index (κ3) is 6.00. The Morgan fingerprint density at radius 3 is 2.77 bits per heavy atom. The lowest BCUT2D eigenvalue weighted by molar-refractivity contribution is 0.376. The minimum Gasteiger partial charge on any atom is -0.359 e. The highest BCUT2D eigenvalue weighted by Gasteiger charge is 2.23. The first-order valence-electron chi connectivity index (χ1n) is 11.1. The number of rotatable bonds is 10. The van der Waals surface area contributed by atoms with Crippen LogP contribution in [0.1, 0.15) is 82.1 Å². The molecular formula is C21H35N7OS. The van der Waals surface area contributed by atoms with E-state index >= 15 is 0 Å². The largest absolute Gasteiger partial charge is 0.359 e. The number of guanidine groups is 1. The highest BCUT2D eigenvalue weighted by molar-refractivity contribution is 7.98. The normalized spacial score (nSPS) is 15.3. The second-order valence-electron chi connectivity index (χ2n) is 8.01. The molecule has 2 aromatic heterocycles. The molecule has 1 fully saturated rings. The fourth-order valence-electron chi connectivity index (χ4n) is 3.77. The minimum absolute atomic E-state index is 0.357. The van der Waals surface area contributed by atoms with Crippen molar-refractivity contribution >= 4 is 17.7 Å². The first-order chi connectivity index (χ1) is 14.6. The maximum Gasteiger partial charge on any atom is 0.191 e. The van der Waals surface area contributed by atoms with Gasteiger partial charge in [-0.15, -0.1) is 10.2 Å². The van der Waals surface area contributed by atoms with Crippen molar-refractivity contribution in [2.24, 2.45) is 4.99 Å². The van der Waals surface area contributed by atoms with Gasteiger partial charge in [0.15, 0.2) is 16.9 Å². The van der Waals surface area contributed by atoms with E-state index in [2.05, 4.69) is 62.6 Å². The summed E-state index contributed by atoms with van der Waals surface area (Å²) >= 11 is 1.69. The Hall–Kier alpha value is -2.03. The van der Waals surface area contributed by atoms with Gasteiger partial charge in [-0.25, -0.2) is 4.99 Å². The smallest absolute Gasteiger partial charge is 0.191 e. The topological polar surface area (TPSA) is 93.2 Å². The molecule has 0 bridgehead atoms. The maximum absolute atomic E-state index is 5.38. The third-order valence-electron chi connectivity index (χ3n) is 5.38. The number of thioether (sulfide) groups is 1. The van der Waals surface area contributed by atoms with Crippen LogP contribution in [-0.2, 0) is 13.0 Å². The summed E-state index contributed by atoms with van der Waals surface area (Å²) in [5.74, 6) is 3.04. The van der Waals surface area contributed by atoms with E-state index in [4.69, 9.17) is 4.52 Å². The Morgan fingerprint density at radius 1 is 1.30 bits per heavy atom. The van der Waals surface area contributed by atoms with Gasteiger partial charge in [0.05, 0.1) is 5.69 Å². The van der Waals surface area contributed by atoms with Crippen LogP contribution in [0.15, 0.2) is 20.7 Å². The molecule has 1 aliphatic carbocycles. The first-order valence-corrected chi connectivity index (χ1v) is 12.3. The molecule has 0 saturated heterocycles. The molecule has 9 heteroatoms. The first kappa shape index (κ1) is 22.7. The lowest BCUT2D eigenvalue weighted by Crippen LogP contribution is -2.37. The number of aliphatic imine (C=N–C) groups is 1. The van der Waals surface area contributed by atoms with Gasteiger partial charge in [-0.05, 0) is 38.4 Å². The summed E-state index contributed by atoms with van der Waals surface area (Å²) < 4.78 is 7.76. The van der Waals surface area contributed by atoms with Gasteiger partial charge in [-0.2, -0.15) is 0 Å². The van der Waals surface area contributed by atoms with Crippen LogP contribution in [0.2, 0.25) is 0 Å². The van der Waals surface area contributed by atoms with Gasteiger partial charge < -0.3 is 19.7 Å². The van der Waals surface area contributed by atoms with Crippen molar-refractivity contribution in [3.63, 3.8) is 0 Å². The molecule has 0 aromatic carbocycles. The number of aromatic nitrogens is 4. The van der Waals surface area contributed by atoms with Gasteiger partial charge in [0.2, 0.25) is 0 Å². The second-order valence-corrected chi connectivity index (χ2v) is 8.78. The predicted octanol–water partition coefficient (Wildman–Crippen LogP) is 3.91. The van der Waals surface area contributed by atoms with Crippen molar-refractivity contribution in [2.75, 3.05) is 19.3 Å². The zero-order valence-electron chi connectivity index (χ0n) is 18.6. The standard InChI is InChI=1S/C21H35N7OS/c1-5-22-20(24-14-17-13-18(15(2)3)27-29-17)23-12-8-11-19-25-26-21(30-4)28(19)16-9-6-7-10-16/h13,15-16H,5-12,14H2,1-4H3,(H2,22,23,24). The van der Waals surface area contributed by atoms with Crippen LogP contribution in [0.25, 0.3) is 0 Å². The van der Waals surface area contributed by atoms with Crippen molar-refractivity contribution in [3.05, 3.63) is 23.3 Å². The van der Waals surface area contributed by atoms with Crippen molar-refractivity contribution in [1.82, 2.24) is 30.6 Å². The summed E-state index contributed by atoms with van der Waals surface area (Å²) in [7, 11) is 0. The van der Waals surface area contributed by atoms with Gasteiger partial charge in [0, 0.05) is 31.6 Å². The molecule has 166 valence electrons. The van der Waals surface area contributed by atoms with Gasteiger partial charge in [0.25, 0.3) is 0 Å². The quantitative estimate of drug-likeness (QED) is 0.254. The monoisotopic (exact) mass is 433 g/mol. The minimum atomic E-state index is 0.357. The summed E-state index contributed by atoms with van der Waals surface area (Å²) in [4.78, 5) is 4.62. The Labute approximate surface area is 183 Å². The van der Waals surface area contributed by atoms with Crippen molar-refractivity contribution in [1.29, 1.82) is 0 Å². The van der Waals surface area contributed by atoms with E-state index in [1.54, 1.807) is 11.8 Å². The van der Waals surface area contributed by atoms with Gasteiger partial charge in [-0.3, -0.25) is 0 Å². The number of hydrogen-bond acceptors (Lipinski definition) is 6. The third-order valence-corrected chi connectivity index (χ3v) is 6.03. The van der Waals surface area contributed by atoms with Crippen molar-refractivity contribution < 1.29 is 4.52 Å². The molecule has 8 nitrogen and oxygen atoms in total. The van der Waals surface area contributed by atoms with Crippen LogP contribution in [0.4, 0.5) is 0 Å². The lowest BCUT2D eigenvalue weighted by atomic mass is 10.1. The zero-order chi connectivity index (χ0) is 21.3. The summed E-state index contributed by atoms with van der Waals surface area (Å²) in [5.41, 5.74) is 0.967. The van der Waals surface area contributed by atoms with Crippen LogP contribution in [0, 0.1) is 0 Å². The van der Waals surface area contributed by atoms with Crippen LogP contribution in [0.5, 0.6) is 0 Å². The average molecular weight is 434 g/mol. The van der Waals surface area contributed by atoms with Crippen molar-refractivity contribution in [3.8, 4) is 0 Å². The molecule has 0 spiro atoms. The van der Waals surface area contributed by atoms with E-state index < -0.39 is 0 Å². The van der Waals surface area contributed by atoms with E-state index in [1.807, 2.05) is 6.07 Å². The molecule has 0 unspecified atom stereocenters. The van der Waals surface area contributed by atoms with Gasteiger partial charge in [-0.1, -0.05) is 43.6 Å². The van der Waals surface area contributed by atoms with E-state index in [0.717, 1.165) is 54.3 Å². The fraction of sp³-hybridized carbons (Fsp3) is 0.714. The molecule has 0 atom stereocenters. The summed E-state index contributed by atoms with van der Waals surface area (Å²) in [5, 5.41) is 20.7. The van der Waals surface area contributed by atoms with Crippen LogP contribution in [-0.4, -0.2) is 45.2 Å². The number of aryl methyl sites for hydroxylation is 1. The number of nitrogens with zero attached hydrogens (tertiary/aromatic N) is 5. The summed E-state index contributed by atoms with van der Waals surface area (Å²) in [6.07, 6.45) is 9.08. The maximum atomic E-state index is 5.38. The molecule has 2 N–H and O–H groups in total. The number of hydrogen-bond donors (Lipinski definition) is 2. The zero-order valence-corrected chi connectivity index (χ0v) is 19.5. The molecule has 3 rings (SSSR count). The summed E-state index contributed by atoms with van der Waals surface area (Å²) in [6, 6.07) is 2.55. The molecular weight excluding hydrogens is 398 g/mol. The molecule has 1 saturated carbocycles. The SMILES string of the molecule is CCNC(=NCc1cc(C(C)C)no1)NCCCc1nnc(SC)n1C1CCCC1. The summed E-state index contributed by atoms with van der Waals surface area (Å²) in [6.45, 7) is 8.38.